The van der Waals surface area contributed by atoms with Crippen LogP contribution in [-0.4, -0.2) is 25.5 Å². The average molecular weight is 474 g/mol. The molecule has 5 rings (SSSR count). The van der Waals surface area contributed by atoms with Gasteiger partial charge in [0.1, 0.15) is 11.5 Å². The van der Waals surface area contributed by atoms with Gasteiger partial charge in [0.15, 0.2) is 0 Å². The van der Waals surface area contributed by atoms with Crippen LogP contribution in [0.15, 0.2) is 82.3 Å². The predicted octanol–water partition coefficient (Wildman–Crippen LogP) is 5.57. The Morgan fingerprint density at radius 1 is 1.03 bits per heavy atom. The molecule has 0 atom stereocenters. The minimum atomic E-state index is -3.98. The number of ether oxygens (including phenoxy) is 1. The van der Waals surface area contributed by atoms with Crippen LogP contribution in [0.25, 0.3) is 23.0 Å². The van der Waals surface area contributed by atoms with Crippen molar-refractivity contribution >= 4 is 27.6 Å². The number of fused-ring (bicyclic) bond motifs is 1. The quantitative estimate of drug-likeness (QED) is 0.354. The van der Waals surface area contributed by atoms with Gasteiger partial charge in [0.05, 0.1) is 18.3 Å². The zero-order valence-corrected chi connectivity index (χ0v) is 19.6. The van der Waals surface area contributed by atoms with E-state index in [1.54, 1.807) is 36.6 Å². The van der Waals surface area contributed by atoms with E-state index in [1.165, 1.54) is 7.11 Å². The molecule has 0 saturated heterocycles. The van der Waals surface area contributed by atoms with Crippen molar-refractivity contribution in [2.75, 3.05) is 7.11 Å². The van der Waals surface area contributed by atoms with E-state index in [9.17, 15) is 13.2 Å². The molecule has 2 heterocycles. The minimum absolute atomic E-state index is 0.00279. The van der Waals surface area contributed by atoms with Gasteiger partial charge in [-0.25, -0.2) is 17.2 Å². The third-order valence-electron chi connectivity index (χ3n) is 6.02. The molecule has 0 amide bonds. The fourth-order valence-corrected chi connectivity index (χ4v) is 5.90. The van der Waals surface area contributed by atoms with Crippen molar-refractivity contribution in [3.8, 4) is 11.3 Å². The van der Waals surface area contributed by atoms with Crippen LogP contribution in [0.5, 0.6) is 0 Å². The van der Waals surface area contributed by atoms with Crippen molar-refractivity contribution in [2.24, 2.45) is 0 Å². The van der Waals surface area contributed by atoms with E-state index in [0.717, 1.165) is 37.6 Å². The number of hydrogen-bond acceptors (Lipinski definition) is 5. The summed E-state index contributed by atoms with van der Waals surface area (Å²) in [7, 11) is -2.73. The van der Waals surface area contributed by atoms with Crippen LogP contribution < -0.4 is 0 Å². The maximum atomic E-state index is 13.6. The number of nitrogens with zero attached hydrogens (tertiary/aromatic N) is 1. The number of esters is 1. The summed E-state index contributed by atoms with van der Waals surface area (Å²) in [6.45, 7) is 1.89. The molecule has 0 bridgehead atoms. The highest BCUT2D eigenvalue weighted by molar-refractivity contribution is 7.90. The van der Waals surface area contributed by atoms with Crippen molar-refractivity contribution in [2.45, 2.75) is 24.7 Å². The average Bonchev–Trinajstić information content (AvgIpc) is 3.57. The zero-order valence-electron chi connectivity index (χ0n) is 18.8. The van der Waals surface area contributed by atoms with Gasteiger partial charge < -0.3 is 9.15 Å². The molecule has 4 aromatic rings. The summed E-state index contributed by atoms with van der Waals surface area (Å²) >= 11 is 0. The van der Waals surface area contributed by atoms with E-state index in [0.29, 0.717) is 18.5 Å². The number of aromatic nitrogens is 1. The number of furan rings is 1. The van der Waals surface area contributed by atoms with Gasteiger partial charge in [0.2, 0.25) is 0 Å². The molecule has 0 saturated carbocycles. The first kappa shape index (κ1) is 22.0. The van der Waals surface area contributed by atoms with Crippen LogP contribution in [0.4, 0.5) is 0 Å². The molecule has 0 fully saturated rings. The molecule has 2 aromatic carbocycles. The highest BCUT2D eigenvalue weighted by Gasteiger charge is 2.33. The highest BCUT2D eigenvalue weighted by Crippen LogP contribution is 2.38. The second-order valence-corrected chi connectivity index (χ2v) is 10.0. The molecule has 0 radical (unpaired) electrons. The lowest BCUT2D eigenvalue weighted by Gasteiger charge is -2.12. The van der Waals surface area contributed by atoms with Gasteiger partial charge in [-0.3, -0.25) is 0 Å². The van der Waals surface area contributed by atoms with Crippen LogP contribution in [0.2, 0.25) is 0 Å². The number of hydrogen-bond donors (Lipinski definition) is 0. The molecule has 1 aliphatic rings. The summed E-state index contributed by atoms with van der Waals surface area (Å²) in [5.41, 5.74) is 5.18. The summed E-state index contributed by atoms with van der Waals surface area (Å²) in [6.07, 6.45) is 4.83. The van der Waals surface area contributed by atoms with E-state index in [1.807, 2.05) is 49.4 Å². The van der Waals surface area contributed by atoms with E-state index in [-0.39, 0.29) is 10.6 Å². The maximum absolute atomic E-state index is 13.6. The molecule has 34 heavy (non-hydrogen) atoms. The number of allylic oxidation sites excluding steroid dienone is 1. The monoisotopic (exact) mass is 473 g/mol. The van der Waals surface area contributed by atoms with Crippen LogP contribution in [-0.2, 0) is 21.2 Å². The standard InChI is InChI=1S/C27H23NO5S/c1-18-8-11-22(12-9-18)34(30,31)28-24-13-10-20(23(24)17-25(28)27(29)32-2)15-19-5-3-6-21(16-19)26-7-4-14-33-26/h3-9,11-12,14-17H,10,13H2,1-2H3. The second kappa shape index (κ2) is 8.50. The predicted molar refractivity (Wildman–Crippen MR) is 130 cm³/mol. The molecule has 1 aliphatic carbocycles. The maximum Gasteiger partial charge on any atom is 0.355 e. The zero-order chi connectivity index (χ0) is 23.9. The van der Waals surface area contributed by atoms with Crippen LogP contribution in [0.1, 0.15) is 39.3 Å². The van der Waals surface area contributed by atoms with E-state index >= 15 is 0 Å². The van der Waals surface area contributed by atoms with Gasteiger partial charge in [0, 0.05) is 16.8 Å². The molecule has 2 aromatic heterocycles. The molecule has 0 unspecified atom stereocenters. The van der Waals surface area contributed by atoms with Gasteiger partial charge in [-0.05, 0) is 67.3 Å². The van der Waals surface area contributed by atoms with Crippen molar-refractivity contribution in [1.82, 2.24) is 3.97 Å². The lowest BCUT2D eigenvalue weighted by atomic mass is 10.0. The van der Waals surface area contributed by atoms with Crippen molar-refractivity contribution < 1.29 is 22.4 Å². The Morgan fingerprint density at radius 3 is 2.53 bits per heavy atom. The Labute approximate surface area is 198 Å². The lowest BCUT2D eigenvalue weighted by Crippen LogP contribution is -2.21. The normalized spacial score (nSPS) is 14.4. The van der Waals surface area contributed by atoms with Crippen molar-refractivity contribution in [3.05, 3.63) is 101 Å². The third kappa shape index (κ3) is 3.78. The first-order chi connectivity index (χ1) is 16.4. The minimum Gasteiger partial charge on any atom is -0.464 e. The smallest absolute Gasteiger partial charge is 0.355 e. The largest absolute Gasteiger partial charge is 0.464 e. The Balaban J connectivity index is 1.61. The lowest BCUT2D eigenvalue weighted by molar-refractivity contribution is 0.0592. The Hall–Kier alpha value is -3.84. The first-order valence-corrected chi connectivity index (χ1v) is 12.3. The molecule has 172 valence electrons. The first-order valence-electron chi connectivity index (χ1n) is 10.9. The molecule has 6 nitrogen and oxygen atoms in total. The SMILES string of the molecule is COC(=O)c1cc2c(n1S(=O)(=O)c1ccc(C)cc1)CCC2=Cc1cccc(-c2ccco2)c1. The molecular formula is C27H23NO5S. The Morgan fingerprint density at radius 2 is 1.82 bits per heavy atom. The summed E-state index contributed by atoms with van der Waals surface area (Å²) in [4.78, 5) is 12.7. The van der Waals surface area contributed by atoms with Gasteiger partial charge >= 0.3 is 5.97 Å². The molecule has 0 aliphatic heterocycles. The van der Waals surface area contributed by atoms with Crippen LogP contribution in [0.3, 0.4) is 0 Å². The third-order valence-corrected chi connectivity index (χ3v) is 7.79. The summed E-state index contributed by atoms with van der Waals surface area (Å²) in [6, 6.07) is 19.9. The molecule has 7 heteroatoms. The topological polar surface area (TPSA) is 78.5 Å². The Kier molecular flexibility index (Phi) is 5.49. The van der Waals surface area contributed by atoms with Gasteiger partial charge in [-0.2, -0.15) is 0 Å². The second-order valence-electron chi connectivity index (χ2n) is 8.24. The number of rotatable bonds is 5. The Bertz CT molecular complexity index is 1510. The van der Waals surface area contributed by atoms with E-state index in [2.05, 4.69) is 0 Å². The molecular weight excluding hydrogens is 450 g/mol. The number of methoxy groups -OCH3 is 1. The molecule has 0 N–H and O–H groups in total. The van der Waals surface area contributed by atoms with Crippen LogP contribution >= 0.6 is 0 Å². The van der Waals surface area contributed by atoms with Crippen molar-refractivity contribution in [1.29, 1.82) is 0 Å². The summed E-state index contributed by atoms with van der Waals surface area (Å²) in [5, 5.41) is 0. The number of carbonyl (C=O) groups excluding carboxylic acids is 1. The van der Waals surface area contributed by atoms with Gasteiger partial charge in [0.25, 0.3) is 10.0 Å². The number of carbonyl (C=O) groups is 1. The summed E-state index contributed by atoms with van der Waals surface area (Å²) < 4.78 is 38.7. The molecule has 0 spiro atoms. The van der Waals surface area contributed by atoms with Crippen LogP contribution in [0, 0.1) is 6.92 Å². The fraction of sp³-hybridized carbons (Fsp3) is 0.148. The van der Waals surface area contributed by atoms with Gasteiger partial charge in [-0.15, -0.1) is 0 Å². The number of benzene rings is 2. The fourth-order valence-electron chi connectivity index (χ4n) is 4.35. The van der Waals surface area contributed by atoms with E-state index in [4.69, 9.17) is 9.15 Å². The van der Waals surface area contributed by atoms with Gasteiger partial charge in [-0.1, -0.05) is 42.0 Å². The summed E-state index contributed by atoms with van der Waals surface area (Å²) in [5.74, 6) is 0.0833. The number of aryl methyl sites for hydroxylation is 1. The highest BCUT2D eigenvalue weighted by atomic mass is 32.2. The van der Waals surface area contributed by atoms with E-state index < -0.39 is 16.0 Å². The van der Waals surface area contributed by atoms with Crippen molar-refractivity contribution in [3.63, 3.8) is 0 Å².